The summed E-state index contributed by atoms with van der Waals surface area (Å²) >= 11 is 0. The van der Waals surface area contributed by atoms with Gasteiger partial charge in [-0.2, -0.15) is 0 Å². The molecule has 0 spiro atoms. The molecule has 1 heterocycles. The second-order valence-corrected chi connectivity index (χ2v) is 5.07. The van der Waals surface area contributed by atoms with Crippen LogP contribution in [-0.4, -0.2) is 29.9 Å². The van der Waals surface area contributed by atoms with Gasteiger partial charge in [0.15, 0.2) is 0 Å². The van der Waals surface area contributed by atoms with Crippen molar-refractivity contribution >= 4 is 5.91 Å². The first-order chi connectivity index (χ1) is 8.31. The summed E-state index contributed by atoms with van der Waals surface area (Å²) in [6, 6.07) is 9.00. The molecule has 0 saturated heterocycles. The van der Waals surface area contributed by atoms with Crippen LogP contribution in [0.2, 0.25) is 0 Å². The largest absolute Gasteiger partial charge is 0.352 e. The van der Waals surface area contributed by atoms with Crippen LogP contribution in [0.5, 0.6) is 0 Å². The second kappa shape index (κ2) is 4.49. The van der Waals surface area contributed by atoms with E-state index in [1.165, 1.54) is 11.1 Å². The maximum atomic E-state index is 11.7. The van der Waals surface area contributed by atoms with E-state index in [1.54, 1.807) is 0 Å². The number of hydrogen-bond acceptors (Lipinski definition) is 2. The van der Waals surface area contributed by atoms with Crippen LogP contribution in [0.25, 0.3) is 0 Å². The van der Waals surface area contributed by atoms with Crippen molar-refractivity contribution in [1.29, 1.82) is 0 Å². The fraction of sp³-hybridized carbons (Fsp3) is 0.500. The molecule has 3 heteroatoms. The van der Waals surface area contributed by atoms with E-state index < -0.39 is 0 Å². The van der Waals surface area contributed by atoms with Crippen molar-refractivity contribution in [2.24, 2.45) is 0 Å². The average Bonchev–Trinajstić information content (AvgIpc) is 3.12. The molecule has 3 rings (SSSR count). The van der Waals surface area contributed by atoms with Crippen LogP contribution in [0.1, 0.15) is 24.0 Å². The summed E-state index contributed by atoms with van der Waals surface area (Å²) < 4.78 is 0. The molecule has 1 aliphatic heterocycles. The minimum absolute atomic E-state index is 0.187. The maximum absolute atomic E-state index is 11.7. The van der Waals surface area contributed by atoms with Crippen LogP contribution in [0.15, 0.2) is 24.3 Å². The molecule has 0 atom stereocenters. The zero-order valence-corrected chi connectivity index (χ0v) is 9.98. The van der Waals surface area contributed by atoms with Crippen LogP contribution < -0.4 is 5.32 Å². The van der Waals surface area contributed by atoms with Crippen LogP contribution in [0.4, 0.5) is 0 Å². The standard InChI is InChI=1S/C14H18N2O/c17-14(15-13-5-6-13)10-16-8-7-11-3-1-2-4-12(11)9-16/h1-4,13H,5-10H2,(H,15,17). The Balaban J connectivity index is 1.57. The third-order valence-electron chi connectivity index (χ3n) is 3.52. The number of rotatable bonds is 3. The van der Waals surface area contributed by atoms with Crippen molar-refractivity contribution in [2.45, 2.75) is 31.8 Å². The Morgan fingerprint density at radius 3 is 2.82 bits per heavy atom. The Morgan fingerprint density at radius 1 is 1.29 bits per heavy atom. The van der Waals surface area contributed by atoms with Gasteiger partial charge < -0.3 is 5.32 Å². The topological polar surface area (TPSA) is 32.3 Å². The van der Waals surface area contributed by atoms with Crippen molar-refractivity contribution < 1.29 is 4.79 Å². The fourth-order valence-corrected chi connectivity index (χ4v) is 2.39. The minimum atomic E-state index is 0.187. The highest BCUT2D eigenvalue weighted by molar-refractivity contribution is 5.78. The molecule has 17 heavy (non-hydrogen) atoms. The molecule has 1 fully saturated rings. The molecule has 1 N–H and O–H groups in total. The van der Waals surface area contributed by atoms with Crippen molar-refractivity contribution in [3.63, 3.8) is 0 Å². The third kappa shape index (κ3) is 2.67. The number of carbonyl (C=O) groups excluding carboxylic acids is 1. The Labute approximate surface area is 102 Å². The number of amides is 1. The Kier molecular flexibility index (Phi) is 2.85. The molecule has 1 saturated carbocycles. The number of nitrogens with one attached hydrogen (secondary N) is 1. The van der Waals surface area contributed by atoms with E-state index in [2.05, 4.69) is 34.5 Å². The number of carbonyl (C=O) groups is 1. The molecule has 0 unspecified atom stereocenters. The Bertz CT molecular complexity index is 426. The van der Waals surface area contributed by atoms with E-state index in [-0.39, 0.29) is 5.91 Å². The van der Waals surface area contributed by atoms with Gasteiger partial charge in [0, 0.05) is 19.1 Å². The van der Waals surface area contributed by atoms with Crippen LogP contribution >= 0.6 is 0 Å². The molecule has 90 valence electrons. The molecule has 2 aliphatic rings. The molecule has 1 aliphatic carbocycles. The lowest BCUT2D eigenvalue weighted by Crippen LogP contribution is -2.40. The summed E-state index contributed by atoms with van der Waals surface area (Å²) in [5.41, 5.74) is 2.81. The smallest absolute Gasteiger partial charge is 0.234 e. The van der Waals surface area contributed by atoms with Crippen molar-refractivity contribution in [3.8, 4) is 0 Å². The molecule has 1 aromatic rings. The molecule has 1 aromatic carbocycles. The van der Waals surface area contributed by atoms with Crippen LogP contribution in [0, 0.1) is 0 Å². The highest BCUT2D eigenvalue weighted by Crippen LogP contribution is 2.20. The quantitative estimate of drug-likeness (QED) is 0.849. The van der Waals surface area contributed by atoms with Gasteiger partial charge in [-0.05, 0) is 30.4 Å². The molecule has 0 bridgehead atoms. The average molecular weight is 230 g/mol. The number of nitrogens with zero attached hydrogens (tertiary/aromatic N) is 1. The van der Waals surface area contributed by atoms with Crippen molar-refractivity contribution in [1.82, 2.24) is 10.2 Å². The fourth-order valence-electron chi connectivity index (χ4n) is 2.39. The summed E-state index contributed by atoms with van der Waals surface area (Å²) in [4.78, 5) is 14.0. The molecule has 3 nitrogen and oxygen atoms in total. The zero-order chi connectivity index (χ0) is 11.7. The molecule has 0 radical (unpaired) electrons. The van der Waals surface area contributed by atoms with E-state index >= 15 is 0 Å². The first-order valence-corrected chi connectivity index (χ1v) is 6.40. The third-order valence-corrected chi connectivity index (χ3v) is 3.52. The molecular formula is C14H18N2O. The van der Waals surface area contributed by atoms with Gasteiger partial charge in [-0.25, -0.2) is 0 Å². The van der Waals surface area contributed by atoms with E-state index in [4.69, 9.17) is 0 Å². The van der Waals surface area contributed by atoms with Crippen LogP contribution in [0.3, 0.4) is 0 Å². The summed E-state index contributed by atoms with van der Waals surface area (Å²) in [6.07, 6.45) is 3.38. The lowest BCUT2D eigenvalue weighted by atomic mass is 10.00. The highest BCUT2D eigenvalue weighted by Gasteiger charge is 2.24. The second-order valence-electron chi connectivity index (χ2n) is 5.07. The van der Waals surface area contributed by atoms with E-state index in [0.717, 1.165) is 32.4 Å². The molecule has 1 amide bonds. The highest BCUT2D eigenvalue weighted by atomic mass is 16.2. The number of fused-ring (bicyclic) bond motifs is 1. The first-order valence-electron chi connectivity index (χ1n) is 6.40. The first kappa shape index (κ1) is 10.8. The monoisotopic (exact) mass is 230 g/mol. The molecule has 0 aromatic heterocycles. The van der Waals surface area contributed by atoms with Gasteiger partial charge in [-0.3, -0.25) is 9.69 Å². The number of hydrogen-bond donors (Lipinski definition) is 1. The van der Waals surface area contributed by atoms with E-state index in [0.29, 0.717) is 12.6 Å². The van der Waals surface area contributed by atoms with Gasteiger partial charge in [-0.15, -0.1) is 0 Å². The summed E-state index contributed by atoms with van der Waals surface area (Å²) in [5, 5.41) is 3.04. The minimum Gasteiger partial charge on any atom is -0.352 e. The summed E-state index contributed by atoms with van der Waals surface area (Å²) in [5.74, 6) is 0.187. The maximum Gasteiger partial charge on any atom is 0.234 e. The summed E-state index contributed by atoms with van der Waals surface area (Å²) in [6.45, 7) is 2.45. The lowest BCUT2D eigenvalue weighted by molar-refractivity contribution is -0.122. The van der Waals surface area contributed by atoms with Gasteiger partial charge in [0.1, 0.15) is 0 Å². The van der Waals surface area contributed by atoms with Gasteiger partial charge in [-0.1, -0.05) is 24.3 Å². The van der Waals surface area contributed by atoms with Gasteiger partial charge in [0.25, 0.3) is 0 Å². The van der Waals surface area contributed by atoms with Crippen LogP contribution in [-0.2, 0) is 17.8 Å². The van der Waals surface area contributed by atoms with Gasteiger partial charge >= 0.3 is 0 Å². The van der Waals surface area contributed by atoms with Crippen molar-refractivity contribution in [3.05, 3.63) is 35.4 Å². The van der Waals surface area contributed by atoms with E-state index in [9.17, 15) is 4.79 Å². The number of benzene rings is 1. The van der Waals surface area contributed by atoms with E-state index in [1.807, 2.05) is 0 Å². The Morgan fingerprint density at radius 2 is 2.06 bits per heavy atom. The predicted molar refractivity (Wildman–Crippen MR) is 66.6 cm³/mol. The SMILES string of the molecule is O=C(CN1CCc2ccccc2C1)NC1CC1. The van der Waals surface area contributed by atoms with Crippen molar-refractivity contribution in [2.75, 3.05) is 13.1 Å². The zero-order valence-electron chi connectivity index (χ0n) is 9.98. The van der Waals surface area contributed by atoms with Gasteiger partial charge in [0.05, 0.1) is 6.54 Å². The Hall–Kier alpha value is -1.35. The normalized spacial score (nSPS) is 19.8. The van der Waals surface area contributed by atoms with Gasteiger partial charge in [0.2, 0.25) is 5.91 Å². The lowest BCUT2D eigenvalue weighted by Gasteiger charge is -2.28. The predicted octanol–water partition coefficient (Wildman–Crippen LogP) is 1.32. The summed E-state index contributed by atoms with van der Waals surface area (Å²) in [7, 11) is 0. The molecular weight excluding hydrogens is 212 g/mol.